The van der Waals surface area contributed by atoms with Gasteiger partial charge in [0.1, 0.15) is 5.75 Å². The molecular formula is C14H14Br2N2O. The van der Waals surface area contributed by atoms with Crippen LogP contribution in [0.1, 0.15) is 5.56 Å². The van der Waals surface area contributed by atoms with Gasteiger partial charge in [-0.05, 0) is 62.5 Å². The minimum Gasteiger partial charge on any atom is -0.495 e. The first-order valence-corrected chi connectivity index (χ1v) is 7.26. The maximum atomic E-state index is 6.00. The molecule has 0 bridgehead atoms. The van der Waals surface area contributed by atoms with E-state index >= 15 is 0 Å². The third-order valence-corrected chi connectivity index (χ3v) is 3.99. The Bertz CT molecular complexity index is 615. The molecule has 0 aliphatic heterocycles. The number of methoxy groups -OCH3 is 1. The maximum Gasteiger partial charge on any atom is 0.135 e. The van der Waals surface area contributed by atoms with Crippen LogP contribution < -0.4 is 15.8 Å². The number of rotatable bonds is 3. The van der Waals surface area contributed by atoms with Gasteiger partial charge in [-0.15, -0.1) is 0 Å². The van der Waals surface area contributed by atoms with Crippen LogP contribution in [0.15, 0.2) is 39.3 Å². The van der Waals surface area contributed by atoms with Gasteiger partial charge in [0.15, 0.2) is 0 Å². The zero-order valence-electron chi connectivity index (χ0n) is 10.6. The molecule has 2 rings (SSSR count). The fourth-order valence-electron chi connectivity index (χ4n) is 1.72. The van der Waals surface area contributed by atoms with Crippen molar-refractivity contribution < 1.29 is 4.74 Å². The van der Waals surface area contributed by atoms with Crippen LogP contribution in [-0.2, 0) is 0 Å². The van der Waals surface area contributed by atoms with E-state index in [4.69, 9.17) is 10.5 Å². The molecule has 0 unspecified atom stereocenters. The minimum atomic E-state index is 0.716. The molecule has 0 spiro atoms. The average molecular weight is 386 g/mol. The van der Waals surface area contributed by atoms with Crippen LogP contribution in [0.3, 0.4) is 0 Å². The highest BCUT2D eigenvalue weighted by atomic mass is 79.9. The van der Waals surface area contributed by atoms with E-state index in [1.165, 1.54) is 0 Å². The predicted molar refractivity (Wildman–Crippen MR) is 87.3 cm³/mol. The van der Waals surface area contributed by atoms with Crippen LogP contribution >= 0.6 is 31.9 Å². The highest BCUT2D eigenvalue weighted by Crippen LogP contribution is 2.36. The number of halogens is 2. The van der Waals surface area contributed by atoms with Crippen LogP contribution in [-0.4, -0.2) is 7.11 Å². The van der Waals surface area contributed by atoms with Crippen molar-refractivity contribution in [1.82, 2.24) is 0 Å². The Balaban J connectivity index is 2.37. The molecule has 2 aromatic carbocycles. The van der Waals surface area contributed by atoms with Gasteiger partial charge in [0.2, 0.25) is 0 Å². The molecule has 100 valence electrons. The first kappa shape index (κ1) is 14.2. The quantitative estimate of drug-likeness (QED) is 0.742. The Hall–Kier alpha value is -1.20. The molecule has 0 fully saturated rings. The standard InChI is InChI=1S/C14H14Br2N2O/c1-8-3-4-12(11(17)5-8)18-13-7-14(19-2)10(16)6-9(13)15/h3-7,18H,17H2,1-2H3. The van der Waals surface area contributed by atoms with Gasteiger partial charge < -0.3 is 15.8 Å². The van der Waals surface area contributed by atoms with E-state index < -0.39 is 0 Å². The number of hydrogen-bond acceptors (Lipinski definition) is 3. The Morgan fingerprint density at radius 3 is 2.42 bits per heavy atom. The lowest BCUT2D eigenvalue weighted by atomic mass is 10.2. The first-order chi connectivity index (χ1) is 9.01. The number of nitrogens with two attached hydrogens (primary N) is 1. The molecule has 5 heteroatoms. The van der Waals surface area contributed by atoms with Crippen molar-refractivity contribution in [2.45, 2.75) is 6.92 Å². The van der Waals surface area contributed by atoms with Crippen molar-refractivity contribution in [2.75, 3.05) is 18.2 Å². The molecule has 0 aliphatic rings. The lowest BCUT2D eigenvalue weighted by molar-refractivity contribution is 0.412. The molecule has 19 heavy (non-hydrogen) atoms. The monoisotopic (exact) mass is 384 g/mol. The van der Waals surface area contributed by atoms with Crippen molar-refractivity contribution in [2.24, 2.45) is 0 Å². The van der Waals surface area contributed by atoms with Crippen molar-refractivity contribution in [3.8, 4) is 5.75 Å². The van der Waals surface area contributed by atoms with Crippen LogP contribution in [0, 0.1) is 6.92 Å². The molecule has 0 aliphatic carbocycles. The number of nitrogen functional groups attached to an aromatic ring is 1. The summed E-state index contributed by atoms with van der Waals surface area (Å²) in [5.74, 6) is 0.761. The highest BCUT2D eigenvalue weighted by Gasteiger charge is 2.08. The van der Waals surface area contributed by atoms with Crippen molar-refractivity contribution in [3.63, 3.8) is 0 Å². The largest absolute Gasteiger partial charge is 0.495 e. The molecule has 0 heterocycles. The lowest BCUT2D eigenvalue weighted by Crippen LogP contribution is -1.98. The fraction of sp³-hybridized carbons (Fsp3) is 0.143. The normalized spacial score (nSPS) is 10.3. The average Bonchev–Trinajstić information content (AvgIpc) is 2.35. The van der Waals surface area contributed by atoms with E-state index in [2.05, 4.69) is 37.2 Å². The second kappa shape index (κ2) is 5.84. The topological polar surface area (TPSA) is 47.3 Å². The smallest absolute Gasteiger partial charge is 0.135 e. The number of anilines is 3. The number of ether oxygens (including phenoxy) is 1. The first-order valence-electron chi connectivity index (χ1n) is 5.67. The van der Waals surface area contributed by atoms with Crippen LogP contribution in [0.25, 0.3) is 0 Å². The van der Waals surface area contributed by atoms with E-state index in [1.54, 1.807) is 7.11 Å². The SMILES string of the molecule is COc1cc(Nc2ccc(C)cc2N)c(Br)cc1Br. The van der Waals surface area contributed by atoms with Gasteiger partial charge in [-0.1, -0.05) is 6.07 Å². The van der Waals surface area contributed by atoms with Gasteiger partial charge in [0.05, 0.1) is 28.6 Å². The van der Waals surface area contributed by atoms with Gasteiger partial charge in [0, 0.05) is 10.5 Å². The van der Waals surface area contributed by atoms with Crippen molar-refractivity contribution in [3.05, 3.63) is 44.8 Å². The van der Waals surface area contributed by atoms with Gasteiger partial charge in [-0.25, -0.2) is 0 Å². The fourth-order valence-corrected chi connectivity index (χ4v) is 2.98. The maximum absolute atomic E-state index is 6.00. The Morgan fingerprint density at radius 1 is 1.05 bits per heavy atom. The second-order valence-corrected chi connectivity index (χ2v) is 5.89. The molecule has 0 atom stereocenters. The zero-order valence-corrected chi connectivity index (χ0v) is 13.8. The summed E-state index contributed by atoms with van der Waals surface area (Å²) in [5.41, 5.74) is 9.62. The van der Waals surface area contributed by atoms with E-state index in [9.17, 15) is 0 Å². The number of nitrogens with one attached hydrogen (secondary N) is 1. The number of aryl methyl sites for hydroxylation is 1. The van der Waals surface area contributed by atoms with Crippen LogP contribution in [0.4, 0.5) is 17.1 Å². The summed E-state index contributed by atoms with van der Waals surface area (Å²) in [5, 5.41) is 3.30. The summed E-state index contributed by atoms with van der Waals surface area (Å²) in [6, 6.07) is 9.76. The third kappa shape index (κ3) is 3.22. The van der Waals surface area contributed by atoms with E-state index in [0.717, 1.165) is 31.6 Å². The Morgan fingerprint density at radius 2 is 1.79 bits per heavy atom. The molecule has 2 aromatic rings. The summed E-state index contributed by atoms with van der Waals surface area (Å²) in [7, 11) is 1.64. The summed E-state index contributed by atoms with van der Waals surface area (Å²) in [6.45, 7) is 2.01. The van der Waals surface area contributed by atoms with E-state index in [1.807, 2.05) is 37.3 Å². The lowest BCUT2D eigenvalue weighted by Gasteiger charge is -2.13. The summed E-state index contributed by atoms with van der Waals surface area (Å²) in [4.78, 5) is 0. The van der Waals surface area contributed by atoms with Crippen molar-refractivity contribution >= 4 is 48.9 Å². The van der Waals surface area contributed by atoms with E-state index in [0.29, 0.717) is 5.69 Å². The number of benzene rings is 2. The molecule has 3 nitrogen and oxygen atoms in total. The molecule has 0 amide bonds. The van der Waals surface area contributed by atoms with Gasteiger partial charge in [-0.2, -0.15) is 0 Å². The molecule has 0 radical (unpaired) electrons. The highest BCUT2D eigenvalue weighted by molar-refractivity contribution is 9.11. The molecular weight excluding hydrogens is 372 g/mol. The van der Waals surface area contributed by atoms with Gasteiger partial charge in [-0.3, -0.25) is 0 Å². The summed E-state index contributed by atoms with van der Waals surface area (Å²) in [6.07, 6.45) is 0. The summed E-state index contributed by atoms with van der Waals surface area (Å²) < 4.78 is 7.11. The third-order valence-electron chi connectivity index (χ3n) is 2.72. The molecule has 0 aromatic heterocycles. The molecule has 0 saturated carbocycles. The zero-order chi connectivity index (χ0) is 14.0. The summed E-state index contributed by atoms with van der Waals surface area (Å²) >= 11 is 6.96. The molecule has 0 saturated heterocycles. The Kier molecular flexibility index (Phi) is 4.37. The molecule has 3 N–H and O–H groups in total. The second-order valence-electron chi connectivity index (χ2n) is 4.18. The van der Waals surface area contributed by atoms with Gasteiger partial charge >= 0.3 is 0 Å². The number of hydrogen-bond donors (Lipinski definition) is 2. The van der Waals surface area contributed by atoms with Crippen LogP contribution in [0.2, 0.25) is 0 Å². The van der Waals surface area contributed by atoms with Crippen LogP contribution in [0.5, 0.6) is 5.75 Å². The van der Waals surface area contributed by atoms with Gasteiger partial charge in [0.25, 0.3) is 0 Å². The van der Waals surface area contributed by atoms with Crippen molar-refractivity contribution in [1.29, 1.82) is 0 Å². The van der Waals surface area contributed by atoms with E-state index in [-0.39, 0.29) is 0 Å². The Labute approximate surface area is 129 Å². The predicted octanol–water partition coefficient (Wildman–Crippen LogP) is 4.85. The minimum absolute atomic E-state index is 0.716.